The van der Waals surface area contributed by atoms with Gasteiger partial charge in [0.25, 0.3) is 0 Å². The summed E-state index contributed by atoms with van der Waals surface area (Å²) in [7, 11) is 0. The Hall–Kier alpha value is -1.59. The summed E-state index contributed by atoms with van der Waals surface area (Å²) in [5.41, 5.74) is 2.68. The van der Waals surface area contributed by atoms with Gasteiger partial charge in [-0.05, 0) is 50.4 Å². The third-order valence-electron chi connectivity index (χ3n) is 5.59. The van der Waals surface area contributed by atoms with Crippen LogP contribution < -0.4 is 10.6 Å². The van der Waals surface area contributed by atoms with E-state index in [-0.39, 0.29) is 0 Å². The van der Waals surface area contributed by atoms with Gasteiger partial charge in [0.15, 0.2) is 5.96 Å². The monoisotopic (exact) mass is 358 g/mol. The molecule has 0 saturated carbocycles. The zero-order valence-electron chi connectivity index (χ0n) is 16.5. The Balaban J connectivity index is 1.65. The van der Waals surface area contributed by atoms with Gasteiger partial charge in [-0.25, -0.2) is 4.99 Å². The molecular formula is C21H34N4O. The van der Waals surface area contributed by atoms with Gasteiger partial charge in [-0.3, -0.25) is 4.90 Å². The molecule has 0 radical (unpaired) electrons. The maximum atomic E-state index is 5.96. The highest BCUT2D eigenvalue weighted by atomic mass is 16.5. The number of nitrogens with zero attached hydrogens (tertiary/aromatic N) is 2. The quantitative estimate of drug-likeness (QED) is 0.554. The molecule has 3 rings (SSSR count). The van der Waals surface area contributed by atoms with Crippen LogP contribution in [0.25, 0.3) is 0 Å². The molecule has 2 aliphatic heterocycles. The average Bonchev–Trinajstić information content (AvgIpc) is 3.28. The maximum absolute atomic E-state index is 5.96. The van der Waals surface area contributed by atoms with Crippen molar-refractivity contribution in [2.75, 3.05) is 19.6 Å². The molecule has 1 aromatic carbocycles. The van der Waals surface area contributed by atoms with Gasteiger partial charge in [0, 0.05) is 13.1 Å². The number of benzene rings is 1. The van der Waals surface area contributed by atoms with Crippen LogP contribution in [0.2, 0.25) is 0 Å². The van der Waals surface area contributed by atoms with E-state index in [9.17, 15) is 0 Å². The number of nitrogens with one attached hydrogen (secondary N) is 2. The van der Waals surface area contributed by atoms with Gasteiger partial charge < -0.3 is 15.4 Å². The summed E-state index contributed by atoms with van der Waals surface area (Å²) in [5.74, 6) is 0.909. The fraction of sp³-hybridized carbons (Fsp3) is 0.667. The Morgan fingerprint density at radius 1 is 1.15 bits per heavy atom. The van der Waals surface area contributed by atoms with E-state index in [4.69, 9.17) is 9.73 Å². The fourth-order valence-corrected chi connectivity index (χ4v) is 4.00. The Bertz CT molecular complexity index is 599. The van der Waals surface area contributed by atoms with Crippen LogP contribution in [-0.4, -0.2) is 48.7 Å². The van der Waals surface area contributed by atoms with Gasteiger partial charge in [0.05, 0.1) is 24.8 Å². The van der Waals surface area contributed by atoms with E-state index in [1.165, 1.54) is 24.0 Å². The third-order valence-corrected chi connectivity index (χ3v) is 5.59. The first-order chi connectivity index (χ1) is 12.7. The van der Waals surface area contributed by atoms with Crippen molar-refractivity contribution in [2.24, 2.45) is 4.99 Å². The predicted octanol–water partition coefficient (Wildman–Crippen LogP) is 2.90. The van der Waals surface area contributed by atoms with Crippen molar-refractivity contribution >= 4 is 5.96 Å². The molecule has 2 heterocycles. The molecule has 1 aromatic rings. The van der Waals surface area contributed by atoms with Crippen molar-refractivity contribution in [1.82, 2.24) is 15.5 Å². The topological polar surface area (TPSA) is 48.9 Å². The highest BCUT2D eigenvalue weighted by molar-refractivity contribution is 5.80. The van der Waals surface area contributed by atoms with Crippen LogP contribution >= 0.6 is 0 Å². The standard InChI is InChI=1S/C21H34N4O/c1-4-22-21(24-19-13-18-11-12-20(19)26-18)23-14-16-9-7-8-10-17(16)15-25(5-2)6-3/h7-10,18-20H,4-6,11-15H2,1-3H3,(H2,22,23,24). The molecule has 0 aromatic heterocycles. The largest absolute Gasteiger partial charge is 0.373 e. The number of fused-ring (bicyclic) bond motifs is 2. The lowest BCUT2D eigenvalue weighted by Gasteiger charge is -2.23. The van der Waals surface area contributed by atoms with Crippen molar-refractivity contribution < 1.29 is 4.74 Å². The SMILES string of the molecule is CCNC(=NCc1ccccc1CN(CC)CC)NC1CC2CCC1O2. The zero-order valence-corrected chi connectivity index (χ0v) is 16.5. The molecule has 2 N–H and O–H groups in total. The average molecular weight is 359 g/mol. The number of ether oxygens (including phenoxy) is 1. The second-order valence-corrected chi connectivity index (χ2v) is 7.29. The normalized spacial score (nSPS) is 25.1. The van der Waals surface area contributed by atoms with Crippen LogP contribution in [0, 0.1) is 0 Å². The van der Waals surface area contributed by atoms with Crippen molar-refractivity contribution in [3.8, 4) is 0 Å². The summed E-state index contributed by atoms with van der Waals surface area (Å²) in [6, 6.07) is 9.07. The molecule has 3 unspecified atom stereocenters. The molecule has 26 heavy (non-hydrogen) atoms. The number of hydrogen-bond donors (Lipinski definition) is 2. The van der Waals surface area contributed by atoms with Gasteiger partial charge in [-0.2, -0.15) is 0 Å². The molecule has 5 nitrogen and oxygen atoms in total. The Morgan fingerprint density at radius 2 is 1.92 bits per heavy atom. The zero-order chi connectivity index (χ0) is 18.4. The number of aliphatic imine (C=N–C) groups is 1. The third kappa shape index (κ3) is 4.77. The van der Waals surface area contributed by atoms with Crippen molar-refractivity contribution in [3.63, 3.8) is 0 Å². The summed E-state index contributed by atoms with van der Waals surface area (Å²) in [4.78, 5) is 7.31. The lowest BCUT2D eigenvalue weighted by molar-refractivity contribution is 0.0992. The molecule has 2 fully saturated rings. The van der Waals surface area contributed by atoms with Gasteiger partial charge in [-0.15, -0.1) is 0 Å². The summed E-state index contributed by atoms with van der Waals surface area (Å²) in [6.45, 7) is 11.3. The Kier molecular flexibility index (Phi) is 6.92. The number of guanidine groups is 1. The van der Waals surface area contributed by atoms with Crippen molar-refractivity contribution in [3.05, 3.63) is 35.4 Å². The van der Waals surface area contributed by atoms with Gasteiger partial charge in [0.1, 0.15) is 0 Å². The van der Waals surface area contributed by atoms with Gasteiger partial charge >= 0.3 is 0 Å². The number of hydrogen-bond acceptors (Lipinski definition) is 3. The smallest absolute Gasteiger partial charge is 0.191 e. The minimum atomic E-state index is 0.360. The lowest BCUT2D eigenvalue weighted by Crippen LogP contribution is -2.47. The molecule has 2 aliphatic rings. The molecule has 0 spiro atoms. The summed E-state index contributed by atoms with van der Waals surface area (Å²) < 4.78 is 5.96. The van der Waals surface area contributed by atoms with Gasteiger partial charge in [0.2, 0.25) is 0 Å². The van der Waals surface area contributed by atoms with E-state index in [0.29, 0.717) is 24.8 Å². The Labute approximate surface area is 158 Å². The lowest BCUT2D eigenvalue weighted by atomic mass is 9.96. The second kappa shape index (κ2) is 9.38. The molecule has 0 amide bonds. The minimum Gasteiger partial charge on any atom is -0.373 e. The summed E-state index contributed by atoms with van der Waals surface area (Å²) in [5, 5.41) is 7.00. The van der Waals surface area contributed by atoms with Crippen LogP contribution in [0.1, 0.15) is 51.2 Å². The van der Waals surface area contributed by atoms with Gasteiger partial charge in [-0.1, -0.05) is 38.1 Å². The van der Waals surface area contributed by atoms with E-state index >= 15 is 0 Å². The van der Waals surface area contributed by atoms with Crippen LogP contribution in [-0.2, 0) is 17.8 Å². The van der Waals surface area contributed by atoms with E-state index in [2.05, 4.69) is 60.6 Å². The van der Waals surface area contributed by atoms with E-state index in [1.807, 2.05) is 0 Å². The molecule has 5 heteroatoms. The first-order valence-corrected chi connectivity index (χ1v) is 10.2. The fourth-order valence-electron chi connectivity index (χ4n) is 4.00. The highest BCUT2D eigenvalue weighted by Crippen LogP contribution is 2.34. The highest BCUT2D eigenvalue weighted by Gasteiger charge is 2.41. The van der Waals surface area contributed by atoms with E-state index in [0.717, 1.165) is 38.6 Å². The first kappa shape index (κ1) is 19.2. The molecule has 2 saturated heterocycles. The summed E-state index contributed by atoms with van der Waals surface area (Å²) in [6.07, 6.45) is 4.31. The van der Waals surface area contributed by atoms with Crippen molar-refractivity contribution in [1.29, 1.82) is 0 Å². The van der Waals surface area contributed by atoms with Crippen LogP contribution in [0.5, 0.6) is 0 Å². The molecule has 3 atom stereocenters. The first-order valence-electron chi connectivity index (χ1n) is 10.2. The van der Waals surface area contributed by atoms with Crippen LogP contribution in [0.15, 0.2) is 29.3 Å². The van der Waals surface area contributed by atoms with E-state index in [1.54, 1.807) is 0 Å². The predicted molar refractivity (Wildman–Crippen MR) is 107 cm³/mol. The maximum Gasteiger partial charge on any atom is 0.191 e. The van der Waals surface area contributed by atoms with E-state index < -0.39 is 0 Å². The molecule has 2 bridgehead atoms. The summed E-state index contributed by atoms with van der Waals surface area (Å²) >= 11 is 0. The van der Waals surface area contributed by atoms with Crippen LogP contribution in [0.3, 0.4) is 0 Å². The van der Waals surface area contributed by atoms with Crippen molar-refractivity contribution in [2.45, 2.75) is 71.4 Å². The number of rotatable bonds is 8. The molecule has 0 aliphatic carbocycles. The molecular weight excluding hydrogens is 324 g/mol. The molecule has 144 valence electrons. The van der Waals surface area contributed by atoms with Crippen LogP contribution in [0.4, 0.5) is 0 Å². The minimum absolute atomic E-state index is 0.360. The second-order valence-electron chi connectivity index (χ2n) is 7.29. The Morgan fingerprint density at radius 3 is 2.54 bits per heavy atom.